The minimum absolute atomic E-state index is 0.0185. The van der Waals surface area contributed by atoms with Crippen molar-refractivity contribution in [3.63, 3.8) is 0 Å². The third kappa shape index (κ3) is 2.50. The fraction of sp³-hybridized carbons (Fsp3) is 0.250. The second kappa shape index (κ2) is 5.33. The van der Waals surface area contributed by atoms with Crippen molar-refractivity contribution < 1.29 is 0 Å². The van der Waals surface area contributed by atoms with Gasteiger partial charge in [0, 0.05) is 13.1 Å². The van der Waals surface area contributed by atoms with Gasteiger partial charge in [-0.25, -0.2) is 4.98 Å². The number of nitrogen functional groups attached to an aromatic ring is 1. The molecule has 102 valence electrons. The first-order chi connectivity index (χ1) is 9.74. The maximum atomic E-state index is 7.49. The van der Waals surface area contributed by atoms with Gasteiger partial charge in [0.2, 0.25) is 0 Å². The number of pyridine rings is 1. The molecule has 4 nitrogen and oxygen atoms in total. The van der Waals surface area contributed by atoms with E-state index in [2.05, 4.69) is 34.1 Å². The fourth-order valence-corrected chi connectivity index (χ4v) is 2.65. The Kier molecular flexibility index (Phi) is 3.37. The average molecular weight is 266 g/mol. The minimum Gasteiger partial charge on any atom is -0.382 e. The van der Waals surface area contributed by atoms with Gasteiger partial charge in [0.15, 0.2) is 0 Å². The number of aromatic nitrogens is 1. The van der Waals surface area contributed by atoms with Crippen LogP contribution in [0.4, 0.5) is 5.82 Å². The molecule has 1 aliphatic rings. The highest BCUT2D eigenvalue weighted by molar-refractivity contribution is 5.93. The van der Waals surface area contributed by atoms with Gasteiger partial charge in [0.05, 0.1) is 0 Å². The van der Waals surface area contributed by atoms with Gasteiger partial charge in [0.1, 0.15) is 17.3 Å². The van der Waals surface area contributed by atoms with Gasteiger partial charge in [-0.05, 0) is 36.1 Å². The summed E-state index contributed by atoms with van der Waals surface area (Å²) in [7, 11) is 0. The van der Waals surface area contributed by atoms with Crippen molar-refractivity contribution in [2.75, 3.05) is 18.0 Å². The quantitative estimate of drug-likeness (QED) is 0.645. The SMILES string of the molecule is N=C(N)c1cccc(N2CCc3ccccc3CC2)n1. The Morgan fingerprint density at radius 2 is 1.65 bits per heavy atom. The van der Waals surface area contributed by atoms with E-state index >= 15 is 0 Å². The lowest BCUT2D eigenvalue weighted by Gasteiger charge is -2.21. The van der Waals surface area contributed by atoms with Crippen LogP contribution in [-0.2, 0) is 12.8 Å². The number of nitrogens with zero attached hydrogens (tertiary/aromatic N) is 2. The summed E-state index contributed by atoms with van der Waals surface area (Å²) in [6.45, 7) is 1.90. The Labute approximate surface area is 118 Å². The Balaban J connectivity index is 1.83. The zero-order valence-corrected chi connectivity index (χ0v) is 11.3. The summed E-state index contributed by atoms with van der Waals surface area (Å²) in [6.07, 6.45) is 2.06. The Morgan fingerprint density at radius 3 is 2.25 bits per heavy atom. The summed E-state index contributed by atoms with van der Waals surface area (Å²) in [5.41, 5.74) is 8.92. The van der Waals surface area contributed by atoms with Gasteiger partial charge in [-0.15, -0.1) is 0 Å². The van der Waals surface area contributed by atoms with Gasteiger partial charge in [0.25, 0.3) is 0 Å². The zero-order valence-electron chi connectivity index (χ0n) is 11.3. The Hall–Kier alpha value is -2.36. The van der Waals surface area contributed by atoms with E-state index in [1.807, 2.05) is 12.1 Å². The highest BCUT2D eigenvalue weighted by atomic mass is 15.2. The van der Waals surface area contributed by atoms with Gasteiger partial charge in [-0.1, -0.05) is 30.3 Å². The van der Waals surface area contributed by atoms with Crippen LogP contribution in [-0.4, -0.2) is 23.9 Å². The zero-order chi connectivity index (χ0) is 13.9. The molecule has 20 heavy (non-hydrogen) atoms. The summed E-state index contributed by atoms with van der Waals surface area (Å²) >= 11 is 0. The first-order valence-electron chi connectivity index (χ1n) is 6.87. The largest absolute Gasteiger partial charge is 0.382 e. The number of nitrogens with one attached hydrogen (secondary N) is 1. The first-order valence-corrected chi connectivity index (χ1v) is 6.87. The standard InChI is InChI=1S/C16H18N4/c17-16(18)14-6-3-7-15(19-14)20-10-8-12-4-1-2-5-13(12)9-11-20/h1-7H,8-11H2,(H3,17,18). The summed E-state index contributed by atoms with van der Waals surface area (Å²) in [4.78, 5) is 6.75. The number of rotatable bonds is 2. The van der Waals surface area contributed by atoms with Crippen LogP contribution >= 0.6 is 0 Å². The number of nitrogens with two attached hydrogens (primary N) is 1. The number of fused-ring (bicyclic) bond motifs is 1. The Morgan fingerprint density at radius 1 is 1.00 bits per heavy atom. The van der Waals surface area contributed by atoms with E-state index in [-0.39, 0.29) is 5.84 Å². The lowest BCUT2D eigenvalue weighted by atomic mass is 10.0. The molecule has 0 spiro atoms. The number of amidine groups is 1. The molecule has 0 radical (unpaired) electrons. The summed E-state index contributed by atoms with van der Waals surface area (Å²) in [5, 5.41) is 7.49. The number of benzene rings is 1. The molecule has 0 atom stereocenters. The van der Waals surface area contributed by atoms with Crippen LogP contribution in [0.3, 0.4) is 0 Å². The summed E-state index contributed by atoms with van der Waals surface area (Å²) < 4.78 is 0. The van der Waals surface area contributed by atoms with Gasteiger partial charge in [-0.2, -0.15) is 0 Å². The predicted molar refractivity (Wildman–Crippen MR) is 81.3 cm³/mol. The topological polar surface area (TPSA) is 66.0 Å². The van der Waals surface area contributed by atoms with E-state index in [4.69, 9.17) is 11.1 Å². The number of anilines is 1. The van der Waals surface area contributed by atoms with Gasteiger partial charge in [-0.3, -0.25) is 5.41 Å². The van der Waals surface area contributed by atoms with Crippen LogP contribution in [0, 0.1) is 5.41 Å². The lowest BCUT2D eigenvalue weighted by molar-refractivity contribution is 0.790. The van der Waals surface area contributed by atoms with Crippen LogP contribution in [0.25, 0.3) is 0 Å². The average Bonchev–Trinajstić information content (AvgIpc) is 2.70. The molecule has 0 bridgehead atoms. The lowest BCUT2D eigenvalue weighted by Crippen LogP contribution is -2.27. The molecular weight excluding hydrogens is 248 g/mol. The number of hydrogen-bond donors (Lipinski definition) is 2. The molecule has 1 aliphatic heterocycles. The molecule has 0 aliphatic carbocycles. The molecule has 3 N–H and O–H groups in total. The minimum atomic E-state index is 0.0185. The molecule has 4 heteroatoms. The third-order valence-corrected chi connectivity index (χ3v) is 3.75. The van der Waals surface area contributed by atoms with Crippen molar-refractivity contribution in [2.45, 2.75) is 12.8 Å². The second-order valence-corrected chi connectivity index (χ2v) is 5.05. The van der Waals surface area contributed by atoms with Crippen LogP contribution in [0.15, 0.2) is 42.5 Å². The summed E-state index contributed by atoms with van der Waals surface area (Å²) in [6, 6.07) is 14.3. The van der Waals surface area contributed by atoms with Crippen LogP contribution < -0.4 is 10.6 Å². The molecule has 0 amide bonds. The molecule has 3 rings (SSSR count). The highest BCUT2D eigenvalue weighted by Gasteiger charge is 2.15. The van der Waals surface area contributed by atoms with Crippen molar-refractivity contribution in [1.82, 2.24) is 4.98 Å². The van der Waals surface area contributed by atoms with E-state index < -0.39 is 0 Å². The molecule has 0 fully saturated rings. The monoisotopic (exact) mass is 266 g/mol. The molecule has 2 heterocycles. The molecule has 0 saturated carbocycles. The normalized spacial score (nSPS) is 14.5. The van der Waals surface area contributed by atoms with Crippen LogP contribution in [0.5, 0.6) is 0 Å². The third-order valence-electron chi connectivity index (χ3n) is 3.75. The van der Waals surface area contributed by atoms with Crippen LogP contribution in [0.1, 0.15) is 16.8 Å². The van der Waals surface area contributed by atoms with Crippen molar-refractivity contribution in [3.05, 3.63) is 59.3 Å². The molecule has 1 aromatic heterocycles. The van der Waals surface area contributed by atoms with Gasteiger partial charge >= 0.3 is 0 Å². The molecule has 0 saturated heterocycles. The fourth-order valence-electron chi connectivity index (χ4n) is 2.65. The number of hydrogen-bond acceptors (Lipinski definition) is 3. The van der Waals surface area contributed by atoms with Crippen molar-refractivity contribution >= 4 is 11.7 Å². The van der Waals surface area contributed by atoms with Crippen LogP contribution in [0.2, 0.25) is 0 Å². The van der Waals surface area contributed by atoms with Crippen molar-refractivity contribution in [2.24, 2.45) is 5.73 Å². The second-order valence-electron chi connectivity index (χ2n) is 5.05. The van der Waals surface area contributed by atoms with E-state index in [0.717, 1.165) is 31.7 Å². The van der Waals surface area contributed by atoms with E-state index in [1.54, 1.807) is 6.07 Å². The smallest absolute Gasteiger partial charge is 0.141 e. The maximum Gasteiger partial charge on any atom is 0.141 e. The van der Waals surface area contributed by atoms with E-state index in [0.29, 0.717) is 5.69 Å². The van der Waals surface area contributed by atoms with Crippen molar-refractivity contribution in [3.8, 4) is 0 Å². The molecule has 1 aromatic carbocycles. The van der Waals surface area contributed by atoms with E-state index in [9.17, 15) is 0 Å². The van der Waals surface area contributed by atoms with E-state index in [1.165, 1.54) is 11.1 Å². The maximum absolute atomic E-state index is 7.49. The van der Waals surface area contributed by atoms with Gasteiger partial charge < -0.3 is 10.6 Å². The molecule has 0 unspecified atom stereocenters. The Bertz CT molecular complexity index is 609. The molecular formula is C16H18N4. The summed E-state index contributed by atoms with van der Waals surface area (Å²) in [5.74, 6) is 0.926. The molecule has 2 aromatic rings. The predicted octanol–water partition coefficient (Wildman–Crippen LogP) is 1.97. The first kappa shape index (κ1) is 12.7. The van der Waals surface area contributed by atoms with Crippen molar-refractivity contribution in [1.29, 1.82) is 5.41 Å². The highest BCUT2D eigenvalue weighted by Crippen LogP contribution is 2.19.